The second-order valence-corrected chi connectivity index (χ2v) is 7.36. The van der Waals surface area contributed by atoms with Crippen molar-refractivity contribution in [2.75, 3.05) is 14.2 Å². The van der Waals surface area contributed by atoms with E-state index in [0.29, 0.717) is 23.3 Å². The Balaban J connectivity index is 1.93. The Bertz CT molecular complexity index is 1140. The van der Waals surface area contributed by atoms with E-state index in [-0.39, 0.29) is 35.6 Å². The maximum absolute atomic E-state index is 12.8. The summed E-state index contributed by atoms with van der Waals surface area (Å²) in [6.45, 7) is 1.82. The molecule has 7 nitrogen and oxygen atoms in total. The van der Waals surface area contributed by atoms with Crippen molar-refractivity contribution in [1.82, 2.24) is 4.98 Å². The molecule has 0 spiro atoms. The molecule has 0 radical (unpaired) electrons. The number of ether oxygens (including phenoxy) is 4. The predicted octanol–water partition coefficient (Wildman–Crippen LogP) is 4.46. The van der Waals surface area contributed by atoms with Gasteiger partial charge in [-0.3, -0.25) is 9.78 Å². The van der Waals surface area contributed by atoms with Crippen LogP contribution in [0.2, 0.25) is 0 Å². The Morgan fingerprint density at radius 1 is 1.00 bits per heavy atom. The molecule has 0 fully saturated rings. The number of pyridine rings is 1. The third-order valence-electron chi connectivity index (χ3n) is 5.53. The number of methoxy groups -OCH3 is 2. The minimum atomic E-state index is -0.558. The van der Waals surface area contributed by atoms with Crippen molar-refractivity contribution >= 4 is 11.9 Å². The van der Waals surface area contributed by atoms with Crippen molar-refractivity contribution in [2.24, 2.45) is 0 Å². The van der Waals surface area contributed by atoms with Gasteiger partial charge in [-0.05, 0) is 31.0 Å². The van der Waals surface area contributed by atoms with Crippen LogP contribution >= 0.6 is 0 Å². The molecule has 7 heteroatoms. The molecule has 4 rings (SSSR count). The maximum atomic E-state index is 12.8. The molecule has 0 saturated heterocycles. The molecule has 1 atom stereocenters. The van der Waals surface area contributed by atoms with Gasteiger partial charge in [0.1, 0.15) is 0 Å². The van der Waals surface area contributed by atoms with E-state index in [1.165, 1.54) is 26.6 Å². The summed E-state index contributed by atoms with van der Waals surface area (Å²) in [4.78, 5) is 29.2. The standard InChI is InChI=1S/C25H23NO6/c1-15-20-18(16-7-5-4-6-8-16)9-10-19(27)31-22(20)24(30-3)23(29-2)21(15)32-25(28)17-11-13-26-14-12-17/h4-8,11-14,18H,9-10H2,1-3H3. The number of hydrogen-bond donors (Lipinski definition) is 0. The Morgan fingerprint density at radius 3 is 2.34 bits per heavy atom. The average Bonchev–Trinajstić information content (AvgIpc) is 3.00. The minimum Gasteiger partial charge on any atom is -0.490 e. The van der Waals surface area contributed by atoms with E-state index >= 15 is 0 Å². The monoisotopic (exact) mass is 433 g/mol. The van der Waals surface area contributed by atoms with Gasteiger partial charge in [0.2, 0.25) is 11.5 Å². The van der Waals surface area contributed by atoms with Gasteiger partial charge in [-0.2, -0.15) is 0 Å². The number of fused-ring (bicyclic) bond motifs is 1. The Labute approximate surface area is 185 Å². The summed E-state index contributed by atoms with van der Waals surface area (Å²) in [5, 5.41) is 0. The van der Waals surface area contributed by atoms with Gasteiger partial charge in [-0.25, -0.2) is 4.79 Å². The number of carbonyl (C=O) groups excluding carboxylic acids is 2. The molecule has 32 heavy (non-hydrogen) atoms. The topological polar surface area (TPSA) is 84.0 Å². The van der Waals surface area contributed by atoms with Crippen LogP contribution in [0.4, 0.5) is 0 Å². The molecule has 2 aromatic carbocycles. The van der Waals surface area contributed by atoms with E-state index in [1.54, 1.807) is 12.1 Å². The third kappa shape index (κ3) is 3.89. The first-order chi connectivity index (χ1) is 15.5. The molecule has 0 N–H and O–H groups in total. The molecule has 1 aliphatic heterocycles. The summed E-state index contributed by atoms with van der Waals surface area (Å²) in [6, 6.07) is 13.0. The van der Waals surface area contributed by atoms with Gasteiger partial charge in [0.15, 0.2) is 11.5 Å². The molecule has 1 unspecified atom stereocenters. The van der Waals surface area contributed by atoms with E-state index < -0.39 is 5.97 Å². The normalized spacial score (nSPS) is 15.2. The summed E-state index contributed by atoms with van der Waals surface area (Å²) >= 11 is 0. The summed E-state index contributed by atoms with van der Waals surface area (Å²) in [6.07, 6.45) is 3.82. The smallest absolute Gasteiger partial charge is 0.343 e. The first kappa shape index (κ1) is 21.4. The number of carbonyl (C=O) groups is 2. The van der Waals surface area contributed by atoms with Crippen LogP contribution in [-0.2, 0) is 4.79 Å². The largest absolute Gasteiger partial charge is 0.490 e. The van der Waals surface area contributed by atoms with Crippen LogP contribution in [0.15, 0.2) is 54.9 Å². The molecular formula is C25H23NO6. The number of esters is 2. The van der Waals surface area contributed by atoms with Crippen LogP contribution < -0.4 is 18.9 Å². The van der Waals surface area contributed by atoms with Crippen molar-refractivity contribution in [3.8, 4) is 23.0 Å². The zero-order valence-electron chi connectivity index (χ0n) is 18.1. The van der Waals surface area contributed by atoms with Gasteiger partial charge >= 0.3 is 11.9 Å². The number of benzene rings is 2. The number of aromatic nitrogens is 1. The summed E-state index contributed by atoms with van der Waals surface area (Å²) < 4.78 is 22.7. The Hall–Kier alpha value is -3.87. The van der Waals surface area contributed by atoms with Crippen LogP contribution in [0.1, 0.15) is 45.8 Å². The van der Waals surface area contributed by atoms with E-state index in [2.05, 4.69) is 4.98 Å². The van der Waals surface area contributed by atoms with E-state index in [9.17, 15) is 9.59 Å². The summed E-state index contributed by atoms with van der Waals surface area (Å²) in [5.74, 6) is -0.153. The molecule has 0 aliphatic carbocycles. The average molecular weight is 433 g/mol. The lowest BCUT2D eigenvalue weighted by Gasteiger charge is -2.24. The zero-order valence-corrected chi connectivity index (χ0v) is 18.1. The third-order valence-corrected chi connectivity index (χ3v) is 5.53. The van der Waals surface area contributed by atoms with Gasteiger partial charge in [0, 0.05) is 35.9 Å². The van der Waals surface area contributed by atoms with Gasteiger partial charge < -0.3 is 18.9 Å². The number of nitrogens with zero attached hydrogens (tertiary/aromatic N) is 1. The van der Waals surface area contributed by atoms with Crippen molar-refractivity contribution in [3.63, 3.8) is 0 Å². The molecule has 2 heterocycles. The fourth-order valence-corrected chi connectivity index (χ4v) is 4.04. The molecule has 164 valence electrons. The van der Waals surface area contributed by atoms with E-state index in [4.69, 9.17) is 18.9 Å². The zero-order chi connectivity index (χ0) is 22.7. The fourth-order valence-electron chi connectivity index (χ4n) is 4.04. The molecule has 1 aliphatic rings. The van der Waals surface area contributed by atoms with Crippen molar-refractivity contribution in [1.29, 1.82) is 0 Å². The van der Waals surface area contributed by atoms with Crippen LogP contribution in [0.3, 0.4) is 0 Å². The van der Waals surface area contributed by atoms with Gasteiger partial charge in [-0.15, -0.1) is 0 Å². The highest BCUT2D eigenvalue weighted by atomic mass is 16.6. The molecule has 0 saturated carbocycles. The first-order valence-electron chi connectivity index (χ1n) is 10.2. The maximum Gasteiger partial charge on any atom is 0.343 e. The van der Waals surface area contributed by atoms with Crippen LogP contribution in [-0.4, -0.2) is 31.1 Å². The molecule has 0 amide bonds. The minimum absolute atomic E-state index is 0.157. The second-order valence-electron chi connectivity index (χ2n) is 7.36. The molecular weight excluding hydrogens is 410 g/mol. The van der Waals surface area contributed by atoms with Crippen LogP contribution in [0, 0.1) is 6.92 Å². The molecule has 1 aromatic heterocycles. The van der Waals surface area contributed by atoms with Gasteiger partial charge in [0.25, 0.3) is 0 Å². The lowest BCUT2D eigenvalue weighted by Crippen LogP contribution is -2.14. The van der Waals surface area contributed by atoms with E-state index in [1.807, 2.05) is 37.3 Å². The second kappa shape index (κ2) is 9.09. The molecule has 3 aromatic rings. The van der Waals surface area contributed by atoms with Crippen molar-refractivity contribution in [3.05, 3.63) is 77.1 Å². The van der Waals surface area contributed by atoms with Gasteiger partial charge in [0.05, 0.1) is 19.8 Å². The van der Waals surface area contributed by atoms with Crippen molar-refractivity contribution in [2.45, 2.75) is 25.7 Å². The number of rotatable bonds is 5. The highest BCUT2D eigenvalue weighted by Crippen LogP contribution is 2.54. The number of hydrogen-bond acceptors (Lipinski definition) is 7. The Kier molecular flexibility index (Phi) is 6.07. The SMILES string of the molecule is COc1c(OC(=O)c2ccncc2)c(C)c2c(c1OC)OC(=O)CCC2c1ccccc1. The van der Waals surface area contributed by atoms with Crippen molar-refractivity contribution < 1.29 is 28.5 Å². The van der Waals surface area contributed by atoms with Crippen LogP contribution in [0.25, 0.3) is 0 Å². The quantitative estimate of drug-likeness (QED) is 0.434. The summed E-state index contributed by atoms with van der Waals surface area (Å²) in [5.41, 5.74) is 2.75. The van der Waals surface area contributed by atoms with Crippen LogP contribution in [0.5, 0.6) is 23.0 Å². The lowest BCUT2D eigenvalue weighted by molar-refractivity contribution is -0.134. The Morgan fingerprint density at radius 2 is 1.69 bits per heavy atom. The highest BCUT2D eigenvalue weighted by Gasteiger charge is 2.35. The van der Waals surface area contributed by atoms with Gasteiger partial charge in [-0.1, -0.05) is 30.3 Å². The lowest BCUT2D eigenvalue weighted by atomic mass is 9.84. The summed E-state index contributed by atoms with van der Waals surface area (Å²) in [7, 11) is 2.90. The highest BCUT2D eigenvalue weighted by molar-refractivity contribution is 5.92. The van der Waals surface area contributed by atoms with E-state index in [0.717, 1.165) is 11.1 Å². The fraction of sp³-hybridized carbons (Fsp3) is 0.240. The predicted molar refractivity (Wildman–Crippen MR) is 117 cm³/mol. The first-order valence-corrected chi connectivity index (χ1v) is 10.2. The molecule has 0 bridgehead atoms.